The van der Waals surface area contributed by atoms with E-state index in [2.05, 4.69) is 17.0 Å². The molecule has 0 spiro atoms. The Kier molecular flexibility index (Phi) is 7.10. The van der Waals surface area contributed by atoms with Gasteiger partial charge in [0.25, 0.3) is 10.0 Å². The van der Waals surface area contributed by atoms with Gasteiger partial charge in [0.1, 0.15) is 11.8 Å². The summed E-state index contributed by atoms with van der Waals surface area (Å²) in [6, 6.07) is 2.25. The Labute approximate surface area is 187 Å². The highest BCUT2D eigenvalue weighted by Crippen LogP contribution is 2.40. The Morgan fingerprint density at radius 2 is 1.75 bits per heavy atom. The monoisotopic (exact) mass is 521 g/mol. The number of nitriles is 1. The summed E-state index contributed by atoms with van der Waals surface area (Å²) in [6.45, 7) is 4.82. The first-order valence-corrected chi connectivity index (χ1v) is 10.3. The Morgan fingerprint density at radius 1 is 1.22 bits per heavy atom. The molecule has 0 aliphatic rings. The first-order valence-electron chi connectivity index (χ1n) is 8.06. The fourth-order valence-corrected chi connectivity index (χ4v) is 4.23. The van der Waals surface area contributed by atoms with Crippen molar-refractivity contribution in [2.75, 3.05) is 11.9 Å². The largest absolute Gasteiger partial charge is 0.470 e. The lowest BCUT2D eigenvalue weighted by atomic mass is 10.2. The lowest BCUT2D eigenvalue weighted by Gasteiger charge is -2.16. The molecule has 1 heterocycles. The minimum atomic E-state index is -5.42. The van der Waals surface area contributed by atoms with Gasteiger partial charge in [-0.1, -0.05) is 35.4 Å². The molecule has 7 nitrogen and oxygen atoms in total. The van der Waals surface area contributed by atoms with Crippen LogP contribution in [0.15, 0.2) is 29.2 Å². The number of halogens is 8. The molecule has 2 aromatic rings. The molecule has 0 bridgehead atoms. The van der Waals surface area contributed by atoms with Gasteiger partial charge in [0, 0.05) is 6.54 Å². The molecule has 0 fully saturated rings. The van der Waals surface area contributed by atoms with Gasteiger partial charge in [0.05, 0.1) is 15.6 Å². The molecule has 1 aromatic heterocycles. The van der Waals surface area contributed by atoms with Crippen LogP contribution in [0, 0.1) is 11.3 Å². The van der Waals surface area contributed by atoms with E-state index in [4.69, 9.17) is 23.2 Å². The van der Waals surface area contributed by atoms with E-state index in [0.717, 1.165) is 0 Å². The molecular weight excluding hydrogens is 511 g/mol. The number of hydrogen-bond donors (Lipinski definition) is 2. The van der Waals surface area contributed by atoms with Crippen molar-refractivity contribution in [3.63, 3.8) is 0 Å². The molecule has 32 heavy (non-hydrogen) atoms. The number of sulfonamides is 1. The van der Waals surface area contributed by atoms with E-state index in [1.165, 1.54) is 13.0 Å². The molecule has 0 atom stereocenters. The van der Waals surface area contributed by atoms with E-state index in [0.29, 0.717) is 27.1 Å². The third-order valence-corrected chi connectivity index (χ3v) is 5.58. The van der Waals surface area contributed by atoms with Crippen molar-refractivity contribution < 1.29 is 34.8 Å². The van der Waals surface area contributed by atoms with Crippen LogP contribution in [0.2, 0.25) is 10.0 Å². The maximum Gasteiger partial charge on any atom is 0.470 e. The van der Waals surface area contributed by atoms with Crippen molar-refractivity contribution in [3.05, 3.63) is 45.6 Å². The minimum Gasteiger partial charge on any atom is -0.365 e. The van der Waals surface area contributed by atoms with Gasteiger partial charge in [0.15, 0.2) is 16.4 Å². The second-order valence-corrected chi connectivity index (χ2v) is 8.68. The number of nitrogens with one attached hydrogen (secondary N) is 2. The molecule has 0 radical (unpaired) electrons. The van der Waals surface area contributed by atoms with Crippen LogP contribution in [0.4, 0.5) is 32.2 Å². The maximum absolute atomic E-state index is 13.0. The molecule has 2 N–H and O–H groups in total. The number of alkyl halides is 6. The van der Waals surface area contributed by atoms with Crippen LogP contribution < -0.4 is 10.0 Å². The zero-order valence-electron chi connectivity index (χ0n) is 15.7. The minimum absolute atomic E-state index is 0.207. The third kappa shape index (κ3) is 5.66. The SMILES string of the molecule is C=C(C)CNc1c(S(=O)(=O)NC(F)(F)F)c(C#N)nn1-c1c(Cl)cc(C(F)(F)F)cc1Cl. The fraction of sp³-hybridized carbons (Fsp3) is 0.250. The average Bonchev–Trinajstić information content (AvgIpc) is 2.95. The van der Waals surface area contributed by atoms with Gasteiger partial charge in [-0.15, -0.1) is 4.72 Å². The van der Waals surface area contributed by atoms with Crippen molar-refractivity contribution in [1.82, 2.24) is 14.5 Å². The van der Waals surface area contributed by atoms with Crippen LogP contribution in [-0.4, -0.2) is 31.0 Å². The molecule has 1 aromatic carbocycles. The van der Waals surface area contributed by atoms with E-state index in [1.54, 1.807) is 0 Å². The molecule has 0 unspecified atom stereocenters. The summed E-state index contributed by atoms with van der Waals surface area (Å²) in [4.78, 5) is -1.22. The molecule has 0 amide bonds. The van der Waals surface area contributed by atoms with Gasteiger partial charge in [-0.2, -0.15) is 36.7 Å². The van der Waals surface area contributed by atoms with Crippen LogP contribution >= 0.6 is 23.2 Å². The molecule has 0 aliphatic carbocycles. The number of anilines is 1. The van der Waals surface area contributed by atoms with E-state index < -0.39 is 60.2 Å². The van der Waals surface area contributed by atoms with Crippen LogP contribution in [0.1, 0.15) is 18.2 Å². The Bertz CT molecular complexity index is 1190. The summed E-state index contributed by atoms with van der Waals surface area (Å²) in [5.74, 6) is -0.704. The van der Waals surface area contributed by atoms with Crippen molar-refractivity contribution in [1.29, 1.82) is 5.26 Å². The summed E-state index contributed by atoms with van der Waals surface area (Å²) >= 11 is 11.8. The Morgan fingerprint density at radius 3 is 2.16 bits per heavy atom. The van der Waals surface area contributed by atoms with Crippen LogP contribution in [0.3, 0.4) is 0 Å². The number of rotatable bonds is 6. The first kappa shape index (κ1) is 25.8. The predicted molar refractivity (Wildman–Crippen MR) is 103 cm³/mol. The van der Waals surface area contributed by atoms with Crippen molar-refractivity contribution in [2.45, 2.75) is 24.3 Å². The van der Waals surface area contributed by atoms with Gasteiger partial charge in [-0.05, 0) is 19.1 Å². The van der Waals surface area contributed by atoms with E-state index in [-0.39, 0.29) is 6.54 Å². The van der Waals surface area contributed by atoms with Gasteiger partial charge in [-0.3, -0.25) is 0 Å². The number of benzene rings is 1. The molecule has 2 rings (SSSR count). The highest BCUT2D eigenvalue weighted by molar-refractivity contribution is 7.89. The van der Waals surface area contributed by atoms with Gasteiger partial charge < -0.3 is 5.32 Å². The number of nitrogens with zero attached hydrogens (tertiary/aromatic N) is 3. The quantitative estimate of drug-likeness (QED) is 0.321. The molecule has 174 valence electrons. The second-order valence-electron chi connectivity index (χ2n) is 6.25. The maximum atomic E-state index is 13.0. The van der Waals surface area contributed by atoms with E-state index in [1.807, 2.05) is 0 Å². The summed E-state index contributed by atoms with van der Waals surface area (Å²) in [6.07, 6.45) is -10.2. The molecule has 0 saturated carbocycles. The van der Waals surface area contributed by atoms with E-state index in [9.17, 15) is 40.0 Å². The van der Waals surface area contributed by atoms with Crippen molar-refractivity contribution in [3.8, 4) is 11.8 Å². The van der Waals surface area contributed by atoms with E-state index >= 15 is 0 Å². The summed E-state index contributed by atoms with van der Waals surface area (Å²) in [7, 11) is -5.42. The Balaban J connectivity index is 2.87. The lowest BCUT2D eigenvalue weighted by molar-refractivity contribution is -0.138. The summed E-state index contributed by atoms with van der Waals surface area (Å²) in [5, 5.41) is 14.0. The summed E-state index contributed by atoms with van der Waals surface area (Å²) < 4.78 is 103. The molecule has 16 heteroatoms. The zero-order chi connectivity index (χ0) is 24.6. The van der Waals surface area contributed by atoms with Gasteiger partial charge in [0.2, 0.25) is 0 Å². The fourth-order valence-electron chi connectivity index (χ4n) is 2.42. The molecule has 0 aliphatic heterocycles. The number of hydrogen-bond acceptors (Lipinski definition) is 5. The summed E-state index contributed by atoms with van der Waals surface area (Å²) in [5.41, 5.74) is -2.37. The Hall–Kier alpha value is -2.47. The smallest absolute Gasteiger partial charge is 0.365 e. The highest BCUT2D eigenvalue weighted by atomic mass is 35.5. The number of aromatic nitrogens is 2. The zero-order valence-corrected chi connectivity index (χ0v) is 18.0. The highest BCUT2D eigenvalue weighted by Gasteiger charge is 2.40. The first-order chi connectivity index (χ1) is 14.5. The van der Waals surface area contributed by atoms with Crippen LogP contribution in [-0.2, 0) is 16.2 Å². The van der Waals surface area contributed by atoms with Gasteiger partial charge >= 0.3 is 12.5 Å². The standard InChI is InChI=1S/C16H11Cl2F6N5O2S/c1-7(2)6-26-14-13(32(30,31)28-16(22,23)24)11(5-25)27-29(14)12-9(17)3-8(4-10(12)18)15(19,20)21/h3-4,26,28H,1,6H2,2H3. The van der Waals surface area contributed by atoms with Crippen molar-refractivity contribution in [2.24, 2.45) is 0 Å². The average molecular weight is 522 g/mol. The third-order valence-electron chi connectivity index (χ3n) is 3.58. The normalized spacial score (nSPS) is 12.5. The topological polar surface area (TPSA) is 99.8 Å². The predicted octanol–water partition coefficient (Wildman–Crippen LogP) is 4.86. The van der Waals surface area contributed by atoms with Crippen LogP contribution in [0.5, 0.6) is 0 Å². The van der Waals surface area contributed by atoms with Crippen LogP contribution in [0.25, 0.3) is 5.69 Å². The lowest BCUT2D eigenvalue weighted by Crippen LogP contribution is -2.37. The van der Waals surface area contributed by atoms with Gasteiger partial charge in [-0.25, -0.2) is 13.1 Å². The molecular formula is C16H11Cl2F6N5O2S. The van der Waals surface area contributed by atoms with Crippen molar-refractivity contribution >= 4 is 39.0 Å². The second kappa shape index (κ2) is 8.81. The molecule has 0 saturated heterocycles.